The van der Waals surface area contributed by atoms with Crippen molar-refractivity contribution in [3.8, 4) is 23.8 Å². The first-order valence-electron chi connectivity index (χ1n) is 7.77. The maximum atomic E-state index is 11.3. The van der Waals surface area contributed by atoms with Crippen molar-refractivity contribution < 1.29 is 19.1 Å². The quantitative estimate of drug-likeness (QED) is 0.324. The number of methoxy groups -OCH3 is 2. The van der Waals surface area contributed by atoms with Gasteiger partial charge in [0.05, 0.1) is 35.1 Å². The molecule has 148 valence electrons. The molecule has 0 aliphatic carbocycles. The summed E-state index contributed by atoms with van der Waals surface area (Å²) in [6.45, 7) is 6.49. The number of carbonyl (C=O) groups excluding carboxylic acids is 2. The lowest BCUT2D eigenvalue weighted by molar-refractivity contribution is 0.0592. The molecule has 2 rings (SSSR count). The van der Waals surface area contributed by atoms with Gasteiger partial charge in [0.1, 0.15) is 16.7 Å². The third kappa shape index (κ3) is 7.35. The molecule has 0 spiro atoms. The summed E-state index contributed by atoms with van der Waals surface area (Å²) in [4.78, 5) is 23.7. The van der Waals surface area contributed by atoms with Crippen molar-refractivity contribution in [3.05, 3.63) is 41.7 Å². The normalized spacial score (nSPS) is 9.93. The maximum Gasteiger partial charge on any atom is 0.340 e. The molecule has 0 radical (unpaired) electrons. The fraction of sp³-hybridized carbons (Fsp3) is 0.263. The zero-order valence-electron chi connectivity index (χ0n) is 15.9. The molecule has 2 heterocycles. The molecule has 9 heteroatoms. The molecule has 0 bridgehead atoms. The van der Waals surface area contributed by atoms with Crippen molar-refractivity contribution in [2.75, 3.05) is 14.2 Å². The summed E-state index contributed by atoms with van der Waals surface area (Å²) in [6.07, 6.45) is 5.12. The first-order chi connectivity index (χ1) is 13.0. The van der Waals surface area contributed by atoms with Gasteiger partial charge < -0.3 is 9.47 Å². The zero-order valence-corrected chi connectivity index (χ0v) is 20.1. The maximum absolute atomic E-state index is 11.3. The van der Waals surface area contributed by atoms with Crippen LogP contribution in [-0.2, 0) is 9.47 Å². The highest BCUT2D eigenvalue weighted by Crippen LogP contribution is 2.28. The van der Waals surface area contributed by atoms with Crippen LogP contribution in [0.1, 0.15) is 30.5 Å². The van der Waals surface area contributed by atoms with Crippen LogP contribution in [0.15, 0.2) is 12.1 Å². The molecule has 2 aromatic rings. The van der Waals surface area contributed by atoms with Crippen LogP contribution in [0.4, 0.5) is 0 Å². The predicted molar refractivity (Wildman–Crippen MR) is 119 cm³/mol. The number of halogens is 2. The molecular formula is C19H18Cl2O4S2Si. The summed E-state index contributed by atoms with van der Waals surface area (Å²) >= 11 is 14.1. The second-order valence-electron chi connectivity index (χ2n) is 6.22. The number of carbonyl (C=O) groups is 2. The van der Waals surface area contributed by atoms with Crippen molar-refractivity contribution in [2.45, 2.75) is 19.6 Å². The summed E-state index contributed by atoms with van der Waals surface area (Å²) in [5.41, 5.74) is 3.95. The van der Waals surface area contributed by atoms with E-state index in [9.17, 15) is 9.59 Å². The Morgan fingerprint density at radius 2 is 1.39 bits per heavy atom. The molecule has 0 unspecified atom stereocenters. The molecule has 0 N–H and O–H groups in total. The Morgan fingerprint density at radius 1 is 0.964 bits per heavy atom. The minimum atomic E-state index is -1.40. The monoisotopic (exact) mass is 472 g/mol. The first kappa shape index (κ1) is 24.3. The number of rotatable bonds is 2. The van der Waals surface area contributed by atoms with E-state index in [-0.39, 0.29) is 0 Å². The van der Waals surface area contributed by atoms with Gasteiger partial charge in [-0.1, -0.05) is 54.7 Å². The Morgan fingerprint density at radius 3 is 1.75 bits per heavy atom. The van der Waals surface area contributed by atoms with Gasteiger partial charge in [0.2, 0.25) is 0 Å². The highest BCUT2D eigenvalue weighted by Gasteiger charge is 2.15. The Kier molecular flexibility index (Phi) is 9.29. The second kappa shape index (κ2) is 10.7. The number of hydrogen-bond acceptors (Lipinski definition) is 6. The van der Waals surface area contributed by atoms with Gasteiger partial charge in [-0.3, -0.25) is 0 Å². The van der Waals surface area contributed by atoms with Crippen molar-refractivity contribution >= 4 is 65.9 Å². The van der Waals surface area contributed by atoms with Crippen molar-refractivity contribution in [1.82, 2.24) is 0 Å². The third-order valence-corrected chi connectivity index (χ3v) is 6.33. The summed E-state index contributed by atoms with van der Waals surface area (Å²) in [5.74, 6) is 4.58. The van der Waals surface area contributed by atoms with E-state index >= 15 is 0 Å². The number of terminal acetylenes is 1. The van der Waals surface area contributed by atoms with Crippen LogP contribution in [0.5, 0.6) is 0 Å². The van der Waals surface area contributed by atoms with E-state index in [4.69, 9.17) is 29.6 Å². The molecule has 2 aromatic heterocycles. The van der Waals surface area contributed by atoms with Gasteiger partial charge in [0.15, 0.2) is 0 Å². The Labute approximate surface area is 183 Å². The fourth-order valence-electron chi connectivity index (χ4n) is 1.62. The molecule has 0 amide bonds. The fourth-order valence-corrected chi connectivity index (χ4v) is 4.39. The van der Waals surface area contributed by atoms with E-state index in [1.165, 1.54) is 36.9 Å². The minimum Gasteiger partial charge on any atom is -0.465 e. The molecule has 0 aliphatic heterocycles. The average molecular weight is 473 g/mol. The van der Waals surface area contributed by atoms with E-state index in [0.29, 0.717) is 24.7 Å². The van der Waals surface area contributed by atoms with Gasteiger partial charge in [-0.25, -0.2) is 9.59 Å². The second-order valence-corrected chi connectivity index (χ2v) is 14.3. The van der Waals surface area contributed by atoms with Crippen molar-refractivity contribution in [3.63, 3.8) is 0 Å². The molecule has 0 fully saturated rings. The molecule has 0 aromatic carbocycles. The van der Waals surface area contributed by atoms with E-state index in [2.05, 4.69) is 46.5 Å². The number of hydrogen-bond donors (Lipinski definition) is 0. The zero-order chi connectivity index (χ0) is 21.5. The van der Waals surface area contributed by atoms with Gasteiger partial charge in [-0.15, -0.1) is 34.6 Å². The SMILES string of the molecule is C#Cc1cc(C(=O)OC)c(Cl)s1.COC(=O)c1cc(C#C[Si](C)(C)C)sc1Cl. The minimum absolute atomic E-state index is 0.331. The molecular weight excluding hydrogens is 455 g/mol. The Hall–Kier alpha value is -1.74. The molecule has 0 saturated carbocycles. The lowest BCUT2D eigenvalue weighted by Crippen LogP contribution is -2.16. The molecule has 0 aliphatic rings. The molecule has 4 nitrogen and oxygen atoms in total. The topological polar surface area (TPSA) is 52.6 Å². The highest BCUT2D eigenvalue weighted by molar-refractivity contribution is 7.17. The lowest BCUT2D eigenvalue weighted by atomic mass is 10.3. The molecule has 0 atom stereocenters. The summed E-state index contributed by atoms with van der Waals surface area (Å²) in [5, 5.41) is 0. The van der Waals surface area contributed by atoms with E-state index in [1.807, 2.05) is 0 Å². The first-order valence-corrected chi connectivity index (χ1v) is 13.7. The van der Waals surface area contributed by atoms with Gasteiger partial charge in [0, 0.05) is 0 Å². The van der Waals surface area contributed by atoms with Crippen LogP contribution < -0.4 is 0 Å². The summed E-state index contributed by atoms with van der Waals surface area (Å²) in [6, 6.07) is 3.23. The van der Waals surface area contributed by atoms with E-state index in [0.717, 1.165) is 4.88 Å². The number of esters is 2. The van der Waals surface area contributed by atoms with E-state index in [1.54, 1.807) is 12.1 Å². The smallest absolute Gasteiger partial charge is 0.340 e. The van der Waals surface area contributed by atoms with Crippen LogP contribution in [-0.4, -0.2) is 34.2 Å². The summed E-state index contributed by atoms with van der Waals surface area (Å²) in [7, 11) is 1.24. The van der Waals surface area contributed by atoms with Crippen LogP contribution in [0.2, 0.25) is 28.3 Å². The van der Waals surface area contributed by atoms with Crippen LogP contribution in [0, 0.1) is 23.8 Å². The van der Waals surface area contributed by atoms with Gasteiger partial charge in [-0.05, 0) is 12.1 Å². The standard InChI is InChI=1S/C11H13ClO2SSi.C8H5ClO2S/c1-14-11(13)9-7-8(15-10(9)12)5-6-16(2,3)4;1-3-5-4-6(7(9)12-5)8(10)11-2/h7H,1-4H3;1,4H,2H3. The third-order valence-electron chi connectivity index (χ3n) is 2.89. The van der Waals surface area contributed by atoms with E-state index < -0.39 is 20.0 Å². The van der Waals surface area contributed by atoms with Crippen LogP contribution in [0.25, 0.3) is 0 Å². The predicted octanol–water partition coefficient (Wildman–Crippen LogP) is 5.59. The van der Waals surface area contributed by atoms with Crippen molar-refractivity contribution in [2.24, 2.45) is 0 Å². The summed E-state index contributed by atoms with van der Waals surface area (Å²) < 4.78 is 9.92. The van der Waals surface area contributed by atoms with Crippen LogP contribution in [0.3, 0.4) is 0 Å². The Bertz CT molecular complexity index is 969. The van der Waals surface area contributed by atoms with Crippen LogP contribution >= 0.6 is 45.9 Å². The van der Waals surface area contributed by atoms with Gasteiger partial charge in [-0.2, -0.15) is 0 Å². The van der Waals surface area contributed by atoms with Gasteiger partial charge >= 0.3 is 11.9 Å². The number of ether oxygens (including phenoxy) is 2. The average Bonchev–Trinajstić information content (AvgIpc) is 3.21. The Balaban J connectivity index is 0.000000292. The molecule has 28 heavy (non-hydrogen) atoms. The number of thiophene rings is 2. The highest BCUT2D eigenvalue weighted by atomic mass is 35.5. The van der Waals surface area contributed by atoms with Crippen molar-refractivity contribution in [1.29, 1.82) is 0 Å². The molecule has 0 saturated heterocycles. The largest absolute Gasteiger partial charge is 0.465 e. The van der Waals surface area contributed by atoms with Gasteiger partial charge in [0.25, 0.3) is 0 Å². The lowest BCUT2D eigenvalue weighted by Gasteiger charge is -2.02.